The highest BCUT2D eigenvalue weighted by Crippen LogP contribution is 2.47. The molecule has 0 aromatic carbocycles. The summed E-state index contributed by atoms with van der Waals surface area (Å²) in [6.45, 7) is 3.00. The Balaban J connectivity index is 2.59. The number of hydrogen-bond acceptors (Lipinski definition) is 12. The van der Waals surface area contributed by atoms with Crippen molar-refractivity contribution in [1.82, 2.24) is 0 Å². The molecule has 334 valence electrons. The van der Waals surface area contributed by atoms with Crippen molar-refractivity contribution in [3.8, 4) is 0 Å². The minimum Gasteiger partial charge on any atom is -0.462 e. The number of phosphoric acid groups is 1. The van der Waals surface area contributed by atoms with Crippen LogP contribution in [0, 0.1) is 0 Å². The van der Waals surface area contributed by atoms with E-state index in [4.69, 9.17) is 18.5 Å². The highest BCUT2D eigenvalue weighted by Gasteiger charge is 2.51. The number of unbranched alkanes of at least 4 members (excludes halogenated alkanes) is 8. The van der Waals surface area contributed by atoms with E-state index in [1.165, 1.54) is 38.5 Å². The summed E-state index contributed by atoms with van der Waals surface area (Å²) in [6, 6.07) is 0. The smallest absolute Gasteiger partial charge is 0.462 e. The lowest BCUT2D eigenvalue weighted by atomic mass is 9.85. The van der Waals surface area contributed by atoms with Crippen LogP contribution >= 0.6 is 7.82 Å². The van der Waals surface area contributed by atoms with Gasteiger partial charge in [0, 0.05) is 12.8 Å². The maximum absolute atomic E-state index is 12.8. The van der Waals surface area contributed by atoms with Crippen LogP contribution in [0.4, 0.5) is 0 Å². The number of rotatable bonds is 32. The van der Waals surface area contributed by atoms with E-state index < -0.39 is 75.7 Å². The molecule has 1 aliphatic rings. The lowest BCUT2D eigenvalue weighted by Crippen LogP contribution is -2.64. The minimum absolute atomic E-state index is 0.0161. The average Bonchev–Trinajstić information content (AvgIpc) is 3.21. The third kappa shape index (κ3) is 27.3. The second-order valence-electron chi connectivity index (χ2n) is 14.2. The molecule has 0 aromatic rings. The number of allylic oxidation sites excluding steroid dienone is 16. The van der Waals surface area contributed by atoms with Gasteiger partial charge in [-0.25, -0.2) is 4.57 Å². The van der Waals surface area contributed by atoms with Gasteiger partial charge in [-0.1, -0.05) is 143 Å². The van der Waals surface area contributed by atoms with Gasteiger partial charge in [0.25, 0.3) is 0 Å². The first-order valence-corrected chi connectivity index (χ1v) is 22.6. The van der Waals surface area contributed by atoms with E-state index in [0.29, 0.717) is 25.7 Å². The van der Waals surface area contributed by atoms with Gasteiger partial charge in [-0.05, 0) is 57.8 Å². The number of carbonyl (C=O) groups excluding carboxylic acids is 2. The molecule has 1 fully saturated rings. The molecular weight excluding hydrogens is 779 g/mol. The van der Waals surface area contributed by atoms with Gasteiger partial charge in [0.1, 0.15) is 43.2 Å². The quantitative estimate of drug-likeness (QED) is 0.0128. The monoisotopic (exact) mass is 850 g/mol. The van der Waals surface area contributed by atoms with Gasteiger partial charge < -0.3 is 39.9 Å². The fourth-order valence-corrected chi connectivity index (χ4v) is 6.60. The van der Waals surface area contributed by atoms with Crippen molar-refractivity contribution in [2.24, 2.45) is 0 Å². The Morgan fingerprint density at radius 3 is 1.63 bits per heavy atom. The third-order valence-corrected chi connectivity index (χ3v) is 10.0. The fraction of sp³-hybridized carbons (Fsp3) is 0.600. The maximum atomic E-state index is 12.8. The summed E-state index contributed by atoms with van der Waals surface area (Å²) in [5.41, 5.74) is 0. The van der Waals surface area contributed by atoms with Gasteiger partial charge in [0.05, 0.1) is 6.61 Å². The molecule has 0 aliphatic heterocycles. The molecule has 6 N–H and O–H groups in total. The Labute approximate surface area is 351 Å². The highest BCUT2D eigenvalue weighted by atomic mass is 31.2. The molecule has 0 saturated heterocycles. The molecule has 1 rings (SSSR count). The second-order valence-corrected chi connectivity index (χ2v) is 15.6. The van der Waals surface area contributed by atoms with Crippen LogP contribution in [0.15, 0.2) is 97.2 Å². The SMILES string of the molecule is CC/C=C/C=C/C=C/C=C/C=C/CCCC(=O)OC(COC(=O)CCC/C=C/C/C=C/C/C=C/CCCCCCCC)COP(=O)(O)OC1C(O)C(O)C(O)[C@H](O)C1O. The Morgan fingerprint density at radius 1 is 0.559 bits per heavy atom. The van der Waals surface area contributed by atoms with Crippen LogP contribution in [-0.2, 0) is 32.7 Å². The first-order valence-electron chi connectivity index (χ1n) is 21.1. The van der Waals surface area contributed by atoms with Gasteiger partial charge in [-0.15, -0.1) is 0 Å². The number of aliphatic hydroxyl groups is 5. The van der Waals surface area contributed by atoms with Gasteiger partial charge in [-0.3, -0.25) is 18.6 Å². The van der Waals surface area contributed by atoms with E-state index in [0.717, 1.165) is 25.7 Å². The number of carbonyl (C=O) groups is 2. The zero-order valence-electron chi connectivity index (χ0n) is 35.0. The zero-order chi connectivity index (χ0) is 43.6. The predicted octanol–water partition coefficient (Wildman–Crippen LogP) is 7.49. The third-order valence-electron chi connectivity index (χ3n) is 9.04. The van der Waals surface area contributed by atoms with Gasteiger partial charge in [-0.2, -0.15) is 0 Å². The molecule has 0 spiro atoms. The summed E-state index contributed by atoms with van der Waals surface area (Å²) in [7, 11) is -5.15. The number of aliphatic hydroxyl groups excluding tert-OH is 5. The standard InChI is InChI=1S/C45H71O13P/c1-3-5-7-9-11-13-15-17-18-19-20-22-23-25-27-29-31-33-38(46)55-35-37(36-56-59(53,54)58-45-43(51)41(49)40(48)42(50)44(45)52)57-39(47)34-32-30-28-26-24-21-16-14-12-10-8-6-4-2/h6,8,10,12,14,16-18,20-22,24-28,37,40-45,48-52H,3-5,7,9,11,13,15,19,23,29-36H2,1-2H3,(H,53,54)/b8-6+,12-10+,16-14+,18-17+,22-20+,24-21+,27-25+,28-26+/t37?,40?,41-,42?,43?,44?,45?/m0/s1. The van der Waals surface area contributed by atoms with Crippen molar-refractivity contribution >= 4 is 19.8 Å². The van der Waals surface area contributed by atoms with Crippen LogP contribution in [-0.4, -0.2) is 98.3 Å². The second kappa shape index (κ2) is 34.5. The first kappa shape index (κ1) is 53.8. The van der Waals surface area contributed by atoms with E-state index in [2.05, 4.69) is 44.2 Å². The molecule has 0 bridgehead atoms. The largest absolute Gasteiger partial charge is 0.472 e. The highest BCUT2D eigenvalue weighted by molar-refractivity contribution is 7.47. The van der Waals surface area contributed by atoms with Crippen molar-refractivity contribution < 1.29 is 63.1 Å². The van der Waals surface area contributed by atoms with Gasteiger partial charge in [0.15, 0.2) is 6.10 Å². The molecule has 0 heterocycles. The summed E-state index contributed by atoms with van der Waals surface area (Å²) in [6.07, 6.45) is 32.1. The van der Waals surface area contributed by atoms with Crippen LogP contribution in [0.3, 0.4) is 0 Å². The number of phosphoric ester groups is 1. The van der Waals surface area contributed by atoms with Crippen molar-refractivity contribution in [3.05, 3.63) is 97.2 Å². The molecule has 0 amide bonds. The topological polar surface area (TPSA) is 210 Å². The lowest BCUT2D eigenvalue weighted by molar-refractivity contribution is -0.220. The van der Waals surface area contributed by atoms with E-state index in [9.17, 15) is 44.6 Å². The van der Waals surface area contributed by atoms with Crippen LogP contribution in [0.2, 0.25) is 0 Å². The maximum Gasteiger partial charge on any atom is 0.472 e. The summed E-state index contributed by atoms with van der Waals surface area (Å²) in [5, 5.41) is 50.0. The van der Waals surface area contributed by atoms with Crippen molar-refractivity contribution in [2.75, 3.05) is 13.2 Å². The zero-order valence-corrected chi connectivity index (χ0v) is 35.9. The van der Waals surface area contributed by atoms with Gasteiger partial charge in [0.2, 0.25) is 0 Å². The van der Waals surface area contributed by atoms with Crippen LogP contribution in [0.5, 0.6) is 0 Å². The van der Waals surface area contributed by atoms with Crippen molar-refractivity contribution in [3.63, 3.8) is 0 Å². The molecule has 14 heteroatoms. The molecule has 7 unspecified atom stereocenters. The minimum atomic E-state index is -5.15. The first-order chi connectivity index (χ1) is 28.4. The van der Waals surface area contributed by atoms with E-state index >= 15 is 0 Å². The number of hydrogen-bond donors (Lipinski definition) is 6. The fourth-order valence-electron chi connectivity index (χ4n) is 5.63. The number of ether oxygens (including phenoxy) is 2. The molecule has 8 atom stereocenters. The summed E-state index contributed by atoms with van der Waals surface area (Å²) in [5.74, 6) is -1.26. The lowest BCUT2D eigenvalue weighted by Gasteiger charge is -2.41. The van der Waals surface area contributed by atoms with Crippen LogP contribution in [0.25, 0.3) is 0 Å². The van der Waals surface area contributed by atoms with E-state index in [1.54, 1.807) is 0 Å². The Morgan fingerprint density at radius 2 is 1.03 bits per heavy atom. The van der Waals surface area contributed by atoms with Crippen molar-refractivity contribution in [1.29, 1.82) is 0 Å². The molecule has 1 saturated carbocycles. The molecule has 0 aromatic heterocycles. The predicted molar refractivity (Wildman–Crippen MR) is 230 cm³/mol. The Kier molecular flexibility index (Phi) is 31.4. The number of esters is 2. The molecule has 0 radical (unpaired) electrons. The van der Waals surface area contributed by atoms with Gasteiger partial charge >= 0.3 is 19.8 Å². The molecule has 13 nitrogen and oxygen atoms in total. The summed E-state index contributed by atoms with van der Waals surface area (Å²) in [4.78, 5) is 35.5. The van der Waals surface area contributed by atoms with E-state index in [1.807, 2.05) is 66.8 Å². The Bertz CT molecular complexity index is 1400. The van der Waals surface area contributed by atoms with Crippen LogP contribution in [0.1, 0.15) is 117 Å². The average molecular weight is 851 g/mol. The molecule has 1 aliphatic carbocycles. The Hall–Kier alpha value is -3.23. The van der Waals surface area contributed by atoms with Crippen molar-refractivity contribution in [2.45, 2.75) is 159 Å². The van der Waals surface area contributed by atoms with Crippen LogP contribution < -0.4 is 0 Å². The normalized spacial score (nSPS) is 23.3. The summed E-state index contributed by atoms with van der Waals surface area (Å²) < 4.78 is 33.3. The molecule has 59 heavy (non-hydrogen) atoms. The molecular formula is C45H71O13P. The summed E-state index contributed by atoms with van der Waals surface area (Å²) >= 11 is 0. The van der Waals surface area contributed by atoms with E-state index in [-0.39, 0.29) is 12.8 Å².